The molecule has 0 bridgehead atoms. The zero-order valence-corrected chi connectivity index (χ0v) is 12.5. The van der Waals surface area contributed by atoms with Gasteiger partial charge in [0.1, 0.15) is 12.4 Å². The second-order valence-corrected chi connectivity index (χ2v) is 6.43. The van der Waals surface area contributed by atoms with Crippen molar-refractivity contribution in [3.05, 3.63) is 54.7 Å². The number of hydrogen-bond donors (Lipinski definition) is 1. The predicted molar refractivity (Wildman–Crippen MR) is 83.3 cm³/mol. The fraction of sp³-hybridized carbons (Fsp3) is 0.133. The van der Waals surface area contributed by atoms with Gasteiger partial charge in [-0.25, -0.2) is 0 Å². The standard InChI is InChI=1S/C15H15N3O3S/c16-8-9-21-13-6-7-15-12(10-13)11-17-18(15)22(19,20)14-4-2-1-3-5-14/h1-7,10-11H,8-9,16H2. The molecule has 114 valence electrons. The molecule has 0 aliphatic rings. The van der Waals surface area contributed by atoms with E-state index in [1.807, 2.05) is 0 Å². The van der Waals surface area contributed by atoms with Crippen molar-refractivity contribution >= 4 is 20.9 Å². The minimum atomic E-state index is -3.71. The van der Waals surface area contributed by atoms with Gasteiger partial charge in [0, 0.05) is 11.9 Å². The molecule has 6 nitrogen and oxygen atoms in total. The smallest absolute Gasteiger partial charge is 0.283 e. The maximum Gasteiger partial charge on any atom is 0.283 e. The van der Waals surface area contributed by atoms with E-state index in [1.165, 1.54) is 6.20 Å². The number of aromatic nitrogens is 2. The van der Waals surface area contributed by atoms with Gasteiger partial charge >= 0.3 is 0 Å². The molecule has 7 heteroatoms. The van der Waals surface area contributed by atoms with Gasteiger partial charge in [0.05, 0.1) is 16.6 Å². The van der Waals surface area contributed by atoms with Gasteiger partial charge in [-0.05, 0) is 30.3 Å². The van der Waals surface area contributed by atoms with Gasteiger partial charge in [-0.1, -0.05) is 18.2 Å². The first-order valence-corrected chi connectivity index (χ1v) is 8.18. The quantitative estimate of drug-likeness (QED) is 0.772. The number of benzene rings is 2. The summed E-state index contributed by atoms with van der Waals surface area (Å²) in [6, 6.07) is 13.3. The van der Waals surface area contributed by atoms with E-state index in [2.05, 4.69) is 5.10 Å². The van der Waals surface area contributed by atoms with Crippen LogP contribution in [0.15, 0.2) is 59.6 Å². The summed E-state index contributed by atoms with van der Waals surface area (Å²) in [7, 11) is -3.71. The zero-order valence-electron chi connectivity index (χ0n) is 11.7. The fourth-order valence-electron chi connectivity index (χ4n) is 2.14. The van der Waals surface area contributed by atoms with E-state index in [-0.39, 0.29) is 4.90 Å². The highest BCUT2D eigenvalue weighted by atomic mass is 32.2. The third-order valence-corrected chi connectivity index (χ3v) is 4.78. The van der Waals surface area contributed by atoms with Gasteiger partial charge in [-0.2, -0.15) is 17.6 Å². The summed E-state index contributed by atoms with van der Waals surface area (Å²) in [5, 5.41) is 4.70. The van der Waals surface area contributed by atoms with Crippen LogP contribution in [0.3, 0.4) is 0 Å². The molecule has 0 aliphatic carbocycles. The first-order valence-electron chi connectivity index (χ1n) is 6.74. The lowest BCUT2D eigenvalue weighted by atomic mass is 10.2. The van der Waals surface area contributed by atoms with Crippen molar-refractivity contribution in [2.45, 2.75) is 4.90 Å². The molecular formula is C15H15N3O3S. The van der Waals surface area contributed by atoms with Gasteiger partial charge in [0.25, 0.3) is 10.0 Å². The van der Waals surface area contributed by atoms with Crippen LogP contribution >= 0.6 is 0 Å². The van der Waals surface area contributed by atoms with E-state index < -0.39 is 10.0 Å². The third-order valence-electron chi connectivity index (χ3n) is 3.16. The first-order chi connectivity index (χ1) is 10.6. The summed E-state index contributed by atoms with van der Waals surface area (Å²) in [6.07, 6.45) is 1.51. The molecule has 0 radical (unpaired) electrons. The number of rotatable bonds is 5. The molecule has 0 fully saturated rings. The Morgan fingerprint density at radius 1 is 1.14 bits per heavy atom. The van der Waals surface area contributed by atoms with Crippen molar-refractivity contribution in [2.75, 3.05) is 13.2 Å². The van der Waals surface area contributed by atoms with E-state index in [9.17, 15) is 8.42 Å². The Balaban J connectivity index is 2.05. The Morgan fingerprint density at radius 2 is 1.91 bits per heavy atom. The van der Waals surface area contributed by atoms with Crippen molar-refractivity contribution in [3.8, 4) is 5.75 Å². The summed E-state index contributed by atoms with van der Waals surface area (Å²) >= 11 is 0. The van der Waals surface area contributed by atoms with E-state index in [4.69, 9.17) is 10.5 Å². The zero-order chi connectivity index (χ0) is 15.6. The van der Waals surface area contributed by atoms with Crippen LogP contribution in [0.25, 0.3) is 10.9 Å². The van der Waals surface area contributed by atoms with Crippen molar-refractivity contribution in [1.29, 1.82) is 0 Å². The van der Waals surface area contributed by atoms with Gasteiger partial charge < -0.3 is 10.5 Å². The van der Waals surface area contributed by atoms with Crippen LogP contribution in [0.5, 0.6) is 5.75 Å². The highest BCUT2D eigenvalue weighted by Crippen LogP contribution is 2.24. The second-order valence-electron chi connectivity index (χ2n) is 4.66. The summed E-state index contributed by atoms with van der Waals surface area (Å²) in [5.41, 5.74) is 5.90. The van der Waals surface area contributed by atoms with Crippen molar-refractivity contribution in [3.63, 3.8) is 0 Å². The summed E-state index contributed by atoms with van der Waals surface area (Å²) in [6.45, 7) is 0.821. The van der Waals surface area contributed by atoms with Crippen LogP contribution in [-0.2, 0) is 10.0 Å². The van der Waals surface area contributed by atoms with Crippen LogP contribution in [0.4, 0.5) is 0 Å². The lowest BCUT2D eigenvalue weighted by Gasteiger charge is -2.07. The molecule has 2 aromatic carbocycles. The minimum Gasteiger partial charge on any atom is -0.492 e. The van der Waals surface area contributed by atoms with Crippen LogP contribution in [0, 0.1) is 0 Å². The van der Waals surface area contributed by atoms with Crippen molar-refractivity contribution in [1.82, 2.24) is 9.19 Å². The normalized spacial score (nSPS) is 11.7. The van der Waals surface area contributed by atoms with E-state index >= 15 is 0 Å². The average Bonchev–Trinajstić information content (AvgIpc) is 2.97. The Bertz CT molecular complexity index is 889. The Morgan fingerprint density at radius 3 is 2.64 bits per heavy atom. The Kier molecular flexibility index (Phi) is 3.82. The molecular weight excluding hydrogens is 302 g/mol. The summed E-state index contributed by atoms with van der Waals surface area (Å²) in [4.78, 5) is 0.198. The summed E-state index contributed by atoms with van der Waals surface area (Å²) in [5.74, 6) is 0.634. The first kappa shape index (κ1) is 14.6. The molecule has 22 heavy (non-hydrogen) atoms. The van der Waals surface area contributed by atoms with Crippen LogP contribution < -0.4 is 10.5 Å². The van der Waals surface area contributed by atoms with Crippen LogP contribution in [0.1, 0.15) is 0 Å². The summed E-state index contributed by atoms with van der Waals surface area (Å²) < 4.78 is 31.7. The molecule has 3 aromatic rings. The highest BCUT2D eigenvalue weighted by Gasteiger charge is 2.20. The van der Waals surface area contributed by atoms with Gasteiger partial charge in [-0.15, -0.1) is 0 Å². The average molecular weight is 317 g/mol. The molecule has 0 unspecified atom stereocenters. The highest BCUT2D eigenvalue weighted by molar-refractivity contribution is 7.90. The third kappa shape index (κ3) is 2.56. The van der Waals surface area contributed by atoms with Crippen LogP contribution in [-0.4, -0.2) is 30.8 Å². The largest absolute Gasteiger partial charge is 0.492 e. The Labute approximate surface area is 128 Å². The van der Waals surface area contributed by atoms with E-state index in [0.717, 1.165) is 4.09 Å². The SMILES string of the molecule is NCCOc1ccc2c(cnn2S(=O)(=O)c2ccccc2)c1. The number of ether oxygens (including phenoxy) is 1. The second kappa shape index (κ2) is 5.78. The molecule has 0 saturated heterocycles. The van der Waals surface area contributed by atoms with Gasteiger partial charge in [0.15, 0.2) is 0 Å². The Hall–Kier alpha value is -2.38. The van der Waals surface area contributed by atoms with E-state index in [1.54, 1.807) is 48.5 Å². The van der Waals surface area contributed by atoms with Crippen LogP contribution in [0.2, 0.25) is 0 Å². The monoisotopic (exact) mass is 317 g/mol. The molecule has 0 amide bonds. The van der Waals surface area contributed by atoms with Crippen molar-refractivity contribution < 1.29 is 13.2 Å². The topological polar surface area (TPSA) is 87.2 Å². The molecule has 0 aliphatic heterocycles. The predicted octanol–water partition coefficient (Wildman–Crippen LogP) is 1.61. The van der Waals surface area contributed by atoms with E-state index in [0.29, 0.717) is 29.8 Å². The molecule has 1 aromatic heterocycles. The van der Waals surface area contributed by atoms with Gasteiger partial charge in [0.2, 0.25) is 0 Å². The molecule has 0 atom stereocenters. The number of nitrogens with two attached hydrogens (primary N) is 1. The minimum absolute atomic E-state index is 0.198. The molecule has 3 rings (SSSR count). The van der Waals surface area contributed by atoms with Gasteiger partial charge in [-0.3, -0.25) is 0 Å². The van der Waals surface area contributed by atoms with Crippen molar-refractivity contribution in [2.24, 2.45) is 5.73 Å². The maximum atomic E-state index is 12.6. The number of fused-ring (bicyclic) bond motifs is 1. The number of nitrogens with zero attached hydrogens (tertiary/aromatic N) is 2. The molecule has 0 saturated carbocycles. The molecule has 1 heterocycles. The maximum absolute atomic E-state index is 12.6. The fourth-order valence-corrected chi connectivity index (χ4v) is 3.43. The molecule has 2 N–H and O–H groups in total. The molecule has 0 spiro atoms. The lowest BCUT2D eigenvalue weighted by Crippen LogP contribution is -2.14. The lowest BCUT2D eigenvalue weighted by molar-refractivity contribution is 0.329. The number of hydrogen-bond acceptors (Lipinski definition) is 5.